The Morgan fingerprint density at radius 2 is 2.29 bits per heavy atom. The van der Waals surface area contributed by atoms with E-state index in [1.165, 1.54) is 0 Å². The predicted octanol–water partition coefficient (Wildman–Crippen LogP) is 3.13. The van der Waals surface area contributed by atoms with Gasteiger partial charge in [0.2, 0.25) is 0 Å². The van der Waals surface area contributed by atoms with E-state index in [0.29, 0.717) is 0 Å². The maximum atomic E-state index is 13.0. The summed E-state index contributed by atoms with van der Waals surface area (Å²) in [5.41, 5.74) is 0.108. The number of hydrogen-bond donors (Lipinski definition) is 0. The highest BCUT2D eigenvalue weighted by atomic mass is 35.5. The Morgan fingerprint density at radius 1 is 1.65 bits per heavy atom. The fourth-order valence-electron chi connectivity index (χ4n) is 1.57. The quantitative estimate of drug-likeness (QED) is 0.778. The van der Waals surface area contributed by atoms with Crippen LogP contribution in [-0.4, -0.2) is 28.9 Å². The number of pyridine rings is 1. The summed E-state index contributed by atoms with van der Waals surface area (Å²) in [6, 6.07) is 1.21. The molecule has 0 aliphatic carbocycles. The number of hydrogen-bond acceptors (Lipinski definition) is 2. The van der Waals surface area contributed by atoms with Gasteiger partial charge in [0.15, 0.2) is 0 Å². The third kappa shape index (κ3) is 3.40. The van der Waals surface area contributed by atoms with Crippen molar-refractivity contribution in [3.8, 4) is 0 Å². The Bertz CT molecular complexity index is 411. The molecule has 0 aromatic carbocycles. The third-order valence-electron chi connectivity index (χ3n) is 2.72. The molecular formula is C12H16ClFN2O. The lowest BCUT2D eigenvalue weighted by atomic mass is 10.1. The van der Waals surface area contributed by atoms with E-state index in [1.807, 2.05) is 13.8 Å². The van der Waals surface area contributed by atoms with E-state index < -0.39 is 5.82 Å². The lowest BCUT2D eigenvalue weighted by molar-refractivity contribution is 0.0736. The molecule has 0 fully saturated rings. The molecule has 94 valence electrons. The molecule has 5 heteroatoms. The summed E-state index contributed by atoms with van der Waals surface area (Å²) in [5.74, 6) is -0.864. The fourth-order valence-corrected chi connectivity index (χ4v) is 1.76. The molecule has 1 amide bonds. The Hall–Kier alpha value is -1.16. The highest BCUT2D eigenvalue weighted by Crippen LogP contribution is 2.17. The molecule has 0 bridgehead atoms. The zero-order valence-corrected chi connectivity index (χ0v) is 11.0. The van der Waals surface area contributed by atoms with Crippen molar-refractivity contribution in [2.75, 3.05) is 7.05 Å². The van der Waals surface area contributed by atoms with Gasteiger partial charge >= 0.3 is 0 Å². The summed E-state index contributed by atoms with van der Waals surface area (Å²) in [6.45, 7) is 3.99. The van der Waals surface area contributed by atoms with Crippen molar-refractivity contribution < 1.29 is 9.18 Å². The van der Waals surface area contributed by atoms with Crippen LogP contribution in [0.1, 0.15) is 37.0 Å². The molecular weight excluding hydrogens is 243 g/mol. The van der Waals surface area contributed by atoms with E-state index >= 15 is 0 Å². The van der Waals surface area contributed by atoms with E-state index in [9.17, 15) is 9.18 Å². The summed E-state index contributed by atoms with van der Waals surface area (Å²) < 4.78 is 13.0. The second-order valence-electron chi connectivity index (χ2n) is 4.05. The van der Waals surface area contributed by atoms with Crippen molar-refractivity contribution in [3.63, 3.8) is 0 Å². The Labute approximate surface area is 106 Å². The van der Waals surface area contributed by atoms with E-state index in [-0.39, 0.29) is 22.7 Å². The van der Waals surface area contributed by atoms with Crippen LogP contribution >= 0.6 is 11.6 Å². The van der Waals surface area contributed by atoms with E-state index in [4.69, 9.17) is 11.6 Å². The summed E-state index contributed by atoms with van der Waals surface area (Å²) in [5, 5.41) is 0.0342. The van der Waals surface area contributed by atoms with Gasteiger partial charge in [-0.05, 0) is 19.4 Å². The van der Waals surface area contributed by atoms with Gasteiger partial charge in [-0.1, -0.05) is 24.9 Å². The number of carbonyl (C=O) groups is 1. The van der Waals surface area contributed by atoms with Crippen molar-refractivity contribution in [3.05, 3.63) is 28.8 Å². The van der Waals surface area contributed by atoms with Gasteiger partial charge in [-0.3, -0.25) is 4.79 Å². The smallest absolute Gasteiger partial charge is 0.257 e. The van der Waals surface area contributed by atoms with Crippen LogP contribution in [0.3, 0.4) is 0 Å². The molecule has 17 heavy (non-hydrogen) atoms. The van der Waals surface area contributed by atoms with Gasteiger partial charge < -0.3 is 4.90 Å². The lowest BCUT2D eigenvalue weighted by Gasteiger charge is -2.24. The minimum absolute atomic E-state index is 0.0342. The lowest BCUT2D eigenvalue weighted by Crippen LogP contribution is -2.35. The van der Waals surface area contributed by atoms with Gasteiger partial charge in [0.25, 0.3) is 5.91 Å². The molecule has 1 unspecified atom stereocenters. The van der Waals surface area contributed by atoms with Crippen LogP contribution in [0.5, 0.6) is 0 Å². The molecule has 3 nitrogen and oxygen atoms in total. The predicted molar refractivity (Wildman–Crippen MR) is 65.7 cm³/mol. The Balaban J connectivity index is 2.92. The topological polar surface area (TPSA) is 33.2 Å². The van der Waals surface area contributed by atoms with E-state index in [2.05, 4.69) is 4.98 Å². The summed E-state index contributed by atoms with van der Waals surface area (Å²) in [7, 11) is 1.68. The molecule has 0 aliphatic heterocycles. The average molecular weight is 259 g/mol. The molecule has 1 aromatic heterocycles. The van der Waals surface area contributed by atoms with Gasteiger partial charge in [-0.15, -0.1) is 0 Å². The number of aromatic nitrogens is 1. The van der Waals surface area contributed by atoms with Crippen molar-refractivity contribution in [1.82, 2.24) is 9.88 Å². The second-order valence-corrected chi connectivity index (χ2v) is 4.40. The molecule has 1 heterocycles. The van der Waals surface area contributed by atoms with Crippen molar-refractivity contribution >= 4 is 17.5 Å². The summed E-state index contributed by atoms with van der Waals surface area (Å²) in [4.78, 5) is 17.3. The molecule has 1 rings (SSSR count). The van der Waals surface area contributed by atoms with Crippen LogP contribution in [0.25, 0.3) is 0 Å². The normalized spacial score (nSPS) is 12.3. The summed E-state index contributed by atoms with van der Waals surface area (Å²) >= 11 is 5.79. The van der Waals surface area contributed by atoms with Crippen LogP contribution in [0.15, 0.2) is 12.3 Å². The zero-order chi connectivity index (χ0) is 13.0. The molecule has 0 N–H and O–H groups in total. The van der Waals surface area contributed by atoms with Crippen molar-refractivity contribution in [2.45, 2.75) is 32.7 Å². The monoisotopic (exact) mass is 258 g/mol. The molecule has 0 radical (unpaired) electrons. The van der Waals surface area contributed by atoms with Gasteiger partial charge in [-0.2, -0.15) is 0 Å². The third-order valence-corrected chi connectivity index (χ3v) is 3.03. The molecule has 1 aromatic rings. The fraction of sp³-hybridized carbons (Fsp3) is 0.500. The minimum atomic E-state index is -0.561. The second kappa shape index (κ2) is 5.96. The Morgan fingerprint density at radius 3 is 2.88 bits per heavy atom. The van der Waals surface area contributed by atoms with Gasteiger partial charge in [0.05, 0.1) is 11.8 Å². The first-order valence-electron chi connectivity index (χ1n) is 5.55. The van der Waals surface area contributed by atoms with Gasteiger partial charge in [0, 0.05) is 13.1 Å². The van der Waals surface area contributed by atoms with Gasteiger partial charge in [-0.25, -0.2) is 9.37 Å². The molecule has 0 saturated heterocycles. The van der Waals surface area contributed by atoms with Gasteiger partial charge in [0.1, 0.15) is 11.0 Å². The van der Waals surface area contributed by atoms with Crippen molar-refractivity contribution in [2.24, 2.45) is 0 Å². The first-order chi connectivity index (χ1) is 7.97. The van der Waals surface area contributed by atoms with E-state index in [0.717, 1.165) is 25.1 Å². The van der Waals surface area contributed by atoms with Crippen LogP contribution in [-0.2, 0) is 0 Å². The number of amides is 1. The zero-order valence-electron chi connectivity index (χ0n) is 10.2. The minimum Gasteiger partial charge on any atom is -0.339 e. The summed E-state index contributed by atoms with van der Waals surface area (Å²) in [6.07, 6.45) is 2.87. The largest absolute Gasteiger partial charge is 0.339 e. The molecule has 0 saturated carbocycles. The molecule has 0 spiro atoms. The highest BCUT2D eigenvalue weighted by Gasteiger charge is 2.20. The van der Waals surface area contributed by atoms with Crippen LogP contribution < -0.4 is 0 Å². The van der Waals surface area contributed by atoms with Crippen molar-refractivity contribution in [1.29, 1.82) is 0 Å². The molecule has 1 atom stereocenters. The first kappa shape index (κ1) is 13.9. The number of nitrogens with zero attached hydrogens (tertiary/aromatic N) is 2. The number of rotatable bonds is 4. The van der Waals surface area contributed by atoms with Crippen LogP contribution in [0, 0.1) is 5.82 Å². The average Bonchev–Trinajstić information content (AvgIpc) is 2.30. The van der Waals surface area contributed by atoms with E-state index in [1.54, 1.807) is 11.9 Å². The first-order valence-corrected chi connectivity index (χ1v) is 5.93. The number of halogens is 2. The maximum Gasteiger partial charge on any atom is 0.257 e. The SMILES string of the molecule is CCCC(C)N(C)C(=O)c1cc(F)cnc1Cl. The maximum absolute atomic E-state index is 13.0. The van der Waals surface area contributed by atoms with Crippen LogP contribution in [0.2, 0.25) is 5.15 Å². The number of carbonyl (C=O) groups excluding carboxylic acids is 1. The molecule has 0 aliphatic rings. The Kier molecular flexibility index (Phi) is 4.87. The highest BCUT2D eigenvalue weighted by molar-refractivity contribution is 6.32. The standard InChI is InChI=1S/C12H16ClFN2O/c1-4-5-8(2)16(3)12(17)10-6-9(14)7-15-11(10)13/h6-8H,4-5H2,1-3H3. The van der Waals surface area contributed by atoms with Crippen LogP contribution in [0.4, 0.5) is 4.39 Å².